The van der Waals surface area contributed by atoms with E-state index in [0.29, 0.717) is 11.4 Å². The topological polar surface area (TPSA) is 162 Å². The number of aromatic nitrogens is 4. The highest BCUT2D eigenvalue weighted by atomic mass is 32.2. The molecular weight excluding hydrogens is 286 g/mol. The van der Waals surface area contributed by atoms with Crippen molar-refractivity contribution in [2.45, 2.75) is 18.7 Å². The number of sulfonamides is 1. The Hall–Kier alpha value is -2.56. The lowest BCUT2D eigenvalue weighted by atomic mass is 10.3. The molecule has 2 rings (SSSR count). The summed E-state index contributed by atoms with van der Waals surface area (Å²) in [6.45, 7) is 3.15. The van der Waals surface area contributed by atoms with E-state index in [0.717, 1.165) is 0 Å². The SMILES string of the molecule is Cc1n[nH]c(C)c1S(=O)(=O)Nc1[nH]ncc1C(N)=NO. The monoisotopic (exact) mass is 299 g/mol. The first-order chi connectivity index (χ1) is 9.36. The Morgan fingerprint density at radius 2 is 2.15 bits per heavy atom. The Balaban J connectivity index is 2.43. The molecule has 10 nitrogen and oxygen atoms in total. The number of H-pyrrole nitrogens is 2. The lowest BCUT2D eigenvalue weighted by Gasteiger charge is -2.07. The number of anilines is 1. The zero-order chi connectivity index (χ0) is 14.9. The number of rotatable bonds is 4. The van der Waals surface area contributed by atoms with E-state index >= 15 is 0 Å². The van der Waals surface area contributed by atoms with Crippen LogP contribution in [0.1, 0.15) is 17.0 Å². The van der Waals surface area contributed by atoms with Crippen molar-refractivity contribution >= 4 is 21.7 Å². The Kier molecular flexibility index (Phi) is 3.36. The zero-order valence-electron chi connectivity index (χ0n) is 10.7. The molecular formula is C9H13N7O3S. The predicted octanol–water partition coefficient (Wildman–Crippen LogP) is -0.355. The summed E-state index contributed by atoms with van der Waals surface area (Å²) < 4.78 is 26.9. The summed E-state index contributed by atoms with van der Waals surface area (Å²) in [4.78, 5) is 0.0394. The zero-order valence-corrected chi connectivity index (χ0v) is 11.5. The highest BCUT2D eigenvalue weighted by Gasteiger charge is 2.24. The van der Waals surface area contributed by atoms with Gasteiger partial charge in [-0.15, -0.1) is 0 Å². The van der Waals surface area contributed by atoms with Crippen molar-refractivity contribution in [1.29, 1.82) is 0 Å². The second-order valence-electron chi connectivity index (χ2n) is 4.01. The molecule has 0 aliphatic carbocycles. The molecule has 0 unspecified atom stereocenters. The van der Waals surface area contributed by atoms with Gasteiger partial charge in [0.05, 0.1) is 23.1 Å². The third-order valence-electron chi connectivity index (χ3n) is 2.59. The number of aromatic amines is 2. The van der Waals surface area contributed by atoms with Gasteiger partial charge in [-0.1, -0.05) is 5.16 Å². The van der Waals surface area contributed by atoms with Crippen LogP contribution in [0.25, 0.3) is 0 Å². The van der Waals surface area contributed by atoms with Crippen LogP contribution in [0.5, 0.6) is 0 Å². The van der Waals surface area contributed by atoms with E-state index in [9.17, 15) is 8.42 Å². The number of hydrogen-bond donors (Lipinski definition) is 5. The number of nitrogens with two attached hydrogens (primary N) is 1. The molecule has 0 saturated heterocycles. The molecule has 2 heterocycles. The van der Waals surface area contributed by atoms with Crippen molar-refractivity contribution in [2.24, 2.45) is 10.9 Å². The average Bonchev–Trinajstić information content (AvgIpc) is 2.95. The summed E-state index contributed by atoms with van der Waals surface area (Å²) in [5.41, 5.74) is 6.29. The van der Waals surface area contributed by atoms with Gasteiger partial charge in [0.25, 0.3) is 10.0 Å². The molecule has 2 aromatic heterocycles. The van der Waals surface area contributed by atoms with Gasteiger partial charge in [-0.3, -0.25) is 14.9 Å². The first-order valence-electron chi connectivity index (χ1n) is 5.42. The van der Waals surface area contributed by atoms with E-state index < -0.39 is 10.0 Å². The molecule has 0 amide bonds. The van der Waals surface area contributed by atoms with Gasteiger partial charge in [0.1, 0.15) is 10.7 Å². The third-order valence-corrected chi connectivity index (χ3v) is 4.20. The number of amidine groups is 1. The molecule has 0 saturated carbocycles. The van der Waals surface area contributed by atoms with E-state index in [1.807, 2.05) is 0 Å². The van der Waals surface area contributed by atoms with Crippen LogP contribution >= 0.6 is 0 Å². The van der Waals surface area contributed by atoms with Crippen molar-refractivity contribution < 1.29 is 13.6 Å². The van der Waals surface area contributed by atoms with Crippen LogP contribution in [-0.2, 0) is 10.0 Å². The summed E-state index contributed by atoms with van der Waals surface area (Å²) in [5, 5.41) is 23.9. The minimum atomic E-state index is -3.87. The summed E-state index contributed by atoms with van der Waals surface area (Å²) >= 11 is 0. The fourth-order valence-corrected chi connectivity index (χ4v) is 3.14. The van der Waals surface area contributed by atoms with Crippen molar-refractivity contribution in [3.8, 4) is 0 Å². The lowest BCUT2D eigenvalue weighted by molar-refractivity contribution is 0.318. The number of nitrogens with zero attached hydrogens (tertiary/aromatic N) is 3. The van der Waals surface area contributed by atoms with Gasteiger partial charge in [-0.2, -0.15) is 10.2 Å². The van der Waals surface area contributed by atoms with Gasteiger partial charge in [0.2, 0.25) is 0 Å². The van der Waals surface area contributed by atoms with Gasteiger partial charge < -0.3 is 10.9 Å². The second kappa shape index (κ2) is 4.85. The molecule has 0 aromatic carbocycles. The van der Waals surface area contributed by atoms with Crippen LogP contribution in [-0.4, -0.2) is 39.9 Å². The molecule has 0 aliphatic rings. The largest absolute Gasteiger partial charge is 0.409 e. The van der Waals surface area contributed by atoms with Crippen molar-refractivity contribution in [2.75, 3.05) is 4.72 Å². The van der Waals surface area contributed by atoms with Gasteiger partial charge in [0, 0.05) is 0 Å². The number of oxime groups is 1. The van der Waals surface area contributed by atoms with Gasteiger partial charge in [0.15, 0.2) is 5.84 Å². The van der Waals surface area contributed by atoms with Crippen molar-refractivity contribution in [3.63, 3.8) is 0 Å². The minimum Gasteiger partial charge on any atom is -0.409 e. The summed E-state index contributed by atoms with van der Waals surface area (Å²) in [6.07, 6.45) is 1.24. The third kappa shape index (κ3) is 2.30. The fourth-order valence-electron chi connectivity index (χ4n) is 1.73. The van der Waals surface area contributed by atoms with Crippen LogP contribution in [0.2, 0.25) is 0 Å². The Morgan fingerprint density at radius 1 is 1.45 bits per heavy atom. The van der Waals surface area contributed by atoms with E-state index in [1.54, 1.807) is 13.8 Å². The van der Waals surface area contributed by atoms with Gasteiger partial charge in [-0.25, -0.2) is 8.42 Å². The van der Waals surface area contributed by atoms with Crippen LogP contribution in [0.4, 0.5) is 5.82 Å². The molecule has 0 aliphatic heterocycles. The molecule has 20 heavy (non-hydrogen) atoms. The number of hydrogen-bond acceptors (Lipinski definition) is 6. The standard InChI is InChI=1S/C9H13N7O3S/c1-4-7(5(2)13-12-4)20(18,19)16-9-6(3-11-14-9)8(10)15-17/h3,17H,1-2H3,(H2,10,15)(H,12,13)(H2,11,14,16). The number of nitrogens with one attached hydrogen (secondary N) is 3. The molecule has 108 valence electrons. The molecule has 11 heteroatoms. The van der Waals surface area contributed by atoms with E-state index in [1.165, 1.54) is 6.20 Å². The van der Waals surface area contributed by atoms with Crippen LogP contribution in [0.15, 0.2) is 16.2 Å². The van der Waals surface area contributed by atoms with Gasteiger partial charge >= 0.3 is 0 Å². The second-order valence-corrected chi connectivity index (χ2v) is 5.63. The number of aryl methyl sites for hydroxylation is 2. The minimum absolute atomic E-state index is 0.000278. The first-order valence-corrected chi connectivity index (χ1v) is 6.90. The molecule has 0 bridgehead atoms. The summed E-state index contributed by atoms with van der Waals surface area (Å²) in [6, 6.07) is 0. The summed E-state index contributed by atoms with van der Waals surface area (Å²) in [7, 11) is -3.87. The molecule has 0 spiro atoms. The first kappa shape index (κ1) is 13.9. The molecule has 0 fully saturated rings. The maximum absolute atomic E-state index is 12.3. The molecule has 6 N–H and O–H groups in total. The Bertz CT molecular complexity index is 739. The quantitative estimate of drug-likeness (QED) is 0.224. The predicted molar refractivity (Wildman–Crippen MR) is 70.0 cm³/mol. The smallest absolute Gasteiger partial charge is 0.266 e. The fraction of sp³-hybridized carbons (Fsp3) is 0.222. The Labute approximate surface area is 114 Å². The molecule has 0 radical (unpaired) electrons. The van der Waals surface area contributed by atoms with Crippen LogP contribution < -0.4 is 10.5 Å². The molecule has 2 aromatic rings. The highest BCUT2D eigenvalue weighted by molar-refractivity contribution is 7.92. The Morgan fingerprint density at radius 3 is 2.70 bits per heavy atom. The van der Waals surface area contributed by atoms with E-state index in [-0.39, 0.29) is 22.1 Å². The van der Waals surface area contributed by atoms with Crippen LogP contribution in [0, 0.1) is 13.8 Å². The van der Waals surface area contributed by atoms with Crippen molar-refractivity contribution in [3.05, 3.63) is 23.1 Å². The maximum Gasteiger partial charge on any atom is 0.266 e. The maximum atomic E-state index is 12.3. The van der Waals surface area contributed by atoms with E-state index in [2.05, 4.69) is 30.3 Å². The summed E-state index contributed by atoms with van der Waals surface area (Å²) in [5.74, 6) is -0.266. The van der Waals surface area contributed by atoms with Gasteiger partial charge in [-0.05, 0) is 13.8 Å². The average molecular weight is 299 g/mol. The van der Waals surface area contributed by atoms with Crippen molar-refractivity contribution in [1.82, 2.24) is 20.4 Å². The lowest BCUT2D eigenvalue weighted by Crippen LogP contribution is -2.19. The molecule has 0 atom stereocenters. The highest BCUT2D eigenvalue weighted by Crippen LogP contribution is 2.21. The van der Waals surface area contributed by atoms with Crippen LogP contribution in [0.3, 0.4) is 0 Å². The van der Waals surface area contributed by atoms with E-state index in [4.69, 9.17) is 10.9 Å². The normalized spacial score (nSPS) is 12.6.